The molecule has 0 radical (unpaired) electrons. The minimum Gasteiger partial charge on any atom is -0.309 e. The lowest BCUT2D eigenvalue weighted by molar-refractivity contribution is 0.760. The van der Waals surface area contributed by atoms with E-state index < -0.39 is 0 Å². The van der Waals surface area contributed by atoms with Gasteiger partial charge < -0.3 is 4.57 Å². The Labute approximate surface area is 168 Å². The topological polar surface area (TPSA) is 47.8 Å². The number of hydrogen-bond acceptors (Lipinski definition) is 3. The average molecular weight is 377 g/mol. The van der Waals surface area contributed by atoms with Crippen molar-refractivity contribution in [2.24, 2.45) is 0 Å². The maximum absolute atomic E-state index is 12.3. The Hall–Kier alpha value is -3.79. The first kappa shape index (κ1) is 17.3. The summed E-state index contributed by atoms with van der Waals surface area (Å²) in [5.41, 5.74) is 5.70. The molecule has 0 atom stereocenters. The monoisotopic (exact) mass is 377 g/mol. The quantitative estimate of drug-likeness (QED) is 0.401. The predicted octanol–water partition coefficient (Wildman–Crippen LogP) is 5.30. The lowest BCUT2D eigenvalue weighted by Gasteiger charge is -2.14. The Morgan fingerprint density at radius 2 is 1.69 bits per heavy atom. The Bertz CT molecular complexity index is 1390. The Morgan fingerprint density at radius 3 is 2.45 bits per heavy atom. The molecule has 0 spiro atoms. The van der Waals surface area contributed by atoms with Gasteiger partial charge in [0.25, 0.3) is 5.56 Å². The minimum atomic E-state index is 0.0127. The second-order valence-electron chi connectivity index (χ2n) is 6.94. The van der Waals surface area contributed by atoms with Crippen molar-refractivity contribution in [1.82, 2.24) is 14.5 Å². The SMILES string of the molecule is CCn1c(=O)ccc2c3c(-c4ccccc4)cc(-c4ccccn4)nc3ccc21. The van der Waals surface area contributed by atoms with Crippen LogP contribution in [0, 0.1) is 0 Å². The summed E-state index contributed by atoms with van der Waals surface area (Å²) in [7, 11) is 0. The van der Waals surface area contributed by atoms with Crippen molar-refractivity contribution in [1.29, 1.82) is 0 Å². The molecule has 5 rings (SSSR count). The van der Waals surface area contributed by atoms with Gasteiger partial charge in [0.1, 0.15) is 0 Å². The van der Waals surface area contributed by atoms with Crippen LogP contribution in [0.4, 0.5) is 0 Å². The zero-order valence-corrected chi connectivity index (χ0v) is 16.0. The number of aromatic nitrogens is 3. The summed E-state index contributed by atoms with van der Waals surface area (Å²) in [6.45, 7) is 2.62. The Balaban J connectivity index is 1.93. The number of fused-ring (bicyclic) bond motifs is 3. The molecule has 0 amide bonds. The number of nitrogens with zero attached hydrogens (tertiary/aromatic N) is 3. The van der Waals surface area contributed by atoms with Gasteiger partial charge in [-0.1, -0.05) is 36.4 Å². The van der Waals surface area contributed by atoms with Gasteiger partial charge in [0.2, 0.25) is 0 Å². The predicted molar refractivity (Wildman–Crippen MR) is 118 cm³/mol. The third kappa shape index (κ3) is 2.90. The molecule has 5 aromatic rings. The maximum Gasteiger partial charge on any atom is 0.251 e. The van der Waals surface area contributed by atoms with Crippen molar-refractivity contribution in [2.75, 3.05) is 0 Å². The van der Waals surface area contributed by atoms with Gasteiger partial charge in [0, 0.05) is 29.6 Å². The normalized spacial score (nSPS) is 11.2. The summed E-state index contributed by atoms with van der Waals surface area (Å²) in [4.78, 5) is 21.7. The maximum atomic E-state index is 12.3. The van der Waals surface area contributed by atoms with E-state index in [1.165, 1.54) is 0 Å². The van der Waals surface area contributed by atoms with Crippen molar-refractivity contribution in [3.63, 3.8) is 0 Å². The highest BCUT2D eigenvalue weighted by atomic mass is 16.1. The summed E-state index contributed by atoms with van der Waals surface area (Å²) in [5, 5.41) is 2.08. The molecular formula is C25H19N3O. The summed E-state index contributed by atoms with van der Waals surface area (Å²) in [6.07, 6.45) is 1.78. The summed E-state index contributed by atoms with van der Waals surface area (Å²) < 4.78 is 1.80. The number of aryl methyl sites for hydroxylation is 1. The third-order valence-electron chi connectivity index (χ3n) is 5.27. The fourth-order valence-electron chi connectivity index (χ4n) is 3.93. The average Bonchev–Trinajstić information content (AvgIpc) is 2.79. The van der Waals surface area contributed by atoms with Crippen molar-refractivity contribution >= 4 is 21.8 Å². The van der Waals surface area contributed by atoms with Crippen molar-refractivity contribution in [3.05, 3.63) is 95.4 Å². The molecule has 2 aromatic carbocycles. The van der Waals surface area contributed by atoms with E-state index >= 15 is 0 Å². The van der Waals surface area contributed by atoms with Gasteiger partial charge in [-0.2, -0.15) is 0 Å². The number of pyridine rings is 3. The molecule has 0 saturated heterocycles. The van der Waals surface area contributed by atoms with Gasteiger partial charge in [-0.3, -0.25) is 9.78 Å². The largest absolute Gasteiger partial charge is 0.309 e. The van der Waals surface area contributed by atoms with Crippen LogP contribution in [0.15, 0.2) is 89.9 Å². The fourth-order valence-corrected chi connectivity index (χ4v) is 3.93. The third-order valence-corrected chi connectivity index (χ3v) is 5.27. The van der Waals surface area contributed by atoms with Crippen LogP contribution >= 0.6 is 0 Å². The van der Waals surface area contributed by atoms with Crippen LogP contribution in [0.1, 0.15) is 6.92 Å². The molecule has 0 N–H and O–H groups in total. The fraction of sp³-hybridized carbons (Fsp3) is 0.0800. The number of hydrogen-bond donors (Lipinski definition) is 0. The lowest BCUT2D eigenvalue weighted by atomic mass is 9.96. The second kappa shape index (κ2) is 6.99. The van der Waals surface area contributed by atoms with Crippen LogP contribution in [0.3, 0.4) is 0 Å². The van der Waals surface area contributed by atoms with E-state index in [4.69, 9.17) is 4.98 Å². The molecule has 0 saturated carbocycles. The first-order chi connectivity index (χ1) is 14.3. The molecule has 3 heterocycles. The Morgan fingerprint density at radius 1 is 0.862 bits per heavy atom. The molecule has 0 fully saturated rings. The molecule has 3 aromatic heterocycles. The van der Waals surface area contributed by atoms with Crippen LogP contribution in [0.2, 0.25) is 0 Å². The molecule has 29 heavy (non-hydrogen) atoms. The van der Waals surface area contributed by atoms with Gasteiger partial charge in [0.15, 0.2) is 0 Å². The smallest absolute Gasteiger partial charge is 0.251 e. The zero-order chi connectivity index (χ0) is 19.8. The molecule has 140 valence electrons. The minimum absolute atomic E-state index is 0.0127. The van der Waals surface area contributed by atoms with Crippen molar-refractivity contribution in [3.8, 4) is 22.5 Å². The van der Waals surface area contributed by atoms with Crippen LogP contribution in [-0.2, 0) is 6.54 Å². The first-order valence-electron chi connectivity index (χ1n) is 9.70. The molecule has 0 unspecified atom stereocenters. The molecule has 0 aliphatic rings. The highest BCUT2D eigenvalue weighted by Gasteiger charge is 2.14. The van der Waals surface area contributed by atoms with Gasteiger partial charge in [-0.25, -0.2) is 4.98 Å². The van der Waals surface area contributed by atoms with E-state index in [1.807, 2.05) is 61.5 Å². The summed E-state index contributed by atoms with van der Waals surface area (Å²) in [6, 6.07) is 25.8. The zero-order valence-electron chi connectivity index (χ0n) is 16.0. The molecular weight excluding hydrogens is 358 g/mol. The Kier molecular flexibility index (Phi) is 4.17. The van der Waals surface area contributed by atoms with E-state index in [1.54, 1.807) is 16.8 Å². The first-order valence-corrected chi connectivity index (χ1v) is 9.70. The molecule has 4 nitrogen and oxygen atoms in total. The number of rotatable bonds is 3. The lowest BCUT2D eigenvalue weighted by Crippen LogP contribution is -2.18. The van der Waals surface area contributed by atoms with E-state index in [0.29, 0.717) is 6.54 Å². The second-order valence-corrected chi connectivity index (χ2v) is 6.94. The standard InChI is InChI=1S/C25H19N3O/c1-2-28-23-13-12-21-25(18(23)11-14-24(28)29)19(17-8-4-3-5-9-17)16-22(27-21)20-10-6-7-15-26-20/h3-16H,2H2,1H3. The van der Waals surface area contributed by atoms with Crippen LogP contribution < -0.4 is 5.56 Å². The van der Waals surface area contributed by atoms with Gasteiger partial charge in [0.05, 0.1) is 22.4 Å². The van der Waals surface area contributed by atoms with Crippen molar-refractivity contribution < 1.29 is 0 Å². The molecule has 4 heteroatoms. The van der Waals surface area contributed by atoms with E-state index in [0.717, 1.165) is 44.3 Å². The summed E-state index contributed by atoms with van der Waals surface area (Å²) in [5.74, 6) is 0. The van der Waals surface area contributed by atoms with E-state index in [9.17, 15) is 4.79 Å². The van der Waals surface area contributed by atoms with Gasteiger partial charge >= 0.3 is 0 Å². The molecule has 0 aliphatic carbocycles. The van der Waals surface area contributed by atoms with Crippen LogP contribution in [0.5, 0.6) is 0 Å². The molecule has 0 bridgehead atoms. The van der Waals surface area contributed by atoms with Crippen LogP contribution in [0.25, 0.3) is 44.3 Å². The van der Waals surface area contributed by atoms with Crippen LogP contribution in [-0.4, -0.2) is 14.5 Å². The number of benzene rings is 2. The van der Waals surface area contributed by atoms with Gasteiger partial charge in [-0.05, 0) is 54.4 Å². The summed E-state index contributed by atoms with van der Waals surface area (Å²) >= 11 is 0. The highest BCUT2D eigenvalue weighted by molar-refractivity contribution is 6.12. The van der Waals surface area contributed by atoms with Crippen molar-refractivity contribution in [2.45, 2.75) is 13.5 Å². The molecule has 0 aliphatic heterocycles. The van der Waals surface area contributed by atoms with E-state index in [2.05, 4.69) is 23.2 Å². The highest BCUT2D eigenvalue weighted by Crippen LogP contribution is 2.35. The van der Waals surface area contributed by atoms with Gasteiger partial charge in [-0.15, -0.1) is 0 Å². The van der Waals surface area contributed by atoms with E-state index in [-0.39, 0.29) is 5.56 Å².